The van der Waals surface area contributed by atoms with Crippen molar-refractivity contribution in [1.29, 1.82) is 0 Å². The minimum atomic E-state index is -0.339. The molecule has 30 heavy (non-hydrogen) atoms. The Morgan fingerprint density at radius 1 is 1.03 bits per heavy atom. The molecule has 0 atom stereocenters. The van der Waals surface area contributed by atoms with Crippen molar-refractivity contribution in [2.24, 2.45) is 0 Å². The quantitative estimate of drug-likeness (QED) is 0.305. The second kappa shape index (κ2) is 8.81. The molecule has 0 amide bonds. The molecule has 4 aromatic rings. The number of hydrogen-bond donors (Lipinski definition) is 0. The molecule has 4 rings (SSSR count). The molecule has 0 saturated carbocycles. The van der Waals surface area contributed by atoms with Crippen molar-refractivity contribution in [3.05, 3.63) is 64.7 Å². The maximum Gasteiger partial charge on any atom is 0.337 e. The largest absolute Gasteiger partial charge is 0.497 e. The van der Waals surface area contributed by atoms with Crippen LogP contribution in [0, 0.1) is 6.92 Å². The third kappa shape index (κ3) is 4.15. The molecule has 0 aliphatic heterocycles. The van der Waals surface area contributed by atoms with E-state index in [1.165, 1.54) is 7.11 Å². The summed E-state index contributed by atoms with van der Waals surface area (Å²) in [5.74, 6) is 1.16. The van der Waals surface area contributed by atoms with Crippen LogP contribution in [0.3, 0.4) is 0 Å². The first-order chi connectivity index (χ1) is 14.6. The number of methoxy groups -OCH3 is 2. The van der Waals surface area contributed by atoms with Crippen molar-refractivity contribution in [2.45, 2.75) is 17.7 Å². The van der Waals surface area contributed by atoms with Gasteiger partial charge in [-0.25, -0.2) is 9.78 Å². The maximum atomic E-state index is 11.6. The van der Waals surface area contributed by atoms with Crippen LogP contribution < -0.4 is 4.74 Å². The summed E-state index contributed by atoms with van der Waals surface area (Å²) in [5, 5.41) is 10.7. The smallest absolute Gasteiger partial charge is 0.337 e. The molecular formula is C22H19N3O3S2. The minimum Gasteiger partial charge on any atom is -0.497 e. The van der Waals surface area contributed by atoms with Gasteiger partial charge >= 0.3 is 5.97 Å². The number of thioether (sulfide) groups is 1. The lowest BCUT2D eigenvalue weighted by Crippen LogP contribution is -2.00. The van der Waals surface area contributed by atoms with Gasteiger partial charge in [0.1, 0.15) is 22.0 Å². The van der Waals surface area contributed by atoms with E-state index in [2.05, 4.69) is 10.2 Å². The zero-order chi connectivity index (χ0) is 21.1. The summed E-state index contributed by atoms with van der Waals surface area (Å²) in [6.07, 6.45) is 0. The van der Waals surface area contributed by atoms with Crippen LogP contribution in [-0.2, 0) is 10.5 Å². The Labute approximate surface area is 182 Å². The Morgan fingerprint density at radius 2 is 1.77 bits per heavy atom. The molecule has 2 aromatic heterocycles. The molecule has 0 fully saturated rings. The van der Waals surface area contributed by atoms with E-state index in [1.807, 2.05) is 43.3 Å². The lowest BCUT2D eigenvalue weighted by atomic mass is 10.1. The molecular weight excluding hydrogens is 418 g/mol. The fraction of sp³-hybridized carbons (Fsp3) is 0.182. The SMILES string of the molecule is COC(=O)c1ccc(CSc2nnc(-c3ccc(OC)cc3)c3sc(C)nc23)cc1. The number of benzene rings is 2. The summed E-state index contributed by atoms with van der Waals surface area (Å²) in [6.45, 7) is 1.99. The van der Waals surface area contributed by atoms with E-state index < -0.39 is 0 Å². The number of aryl methyl sites for hydroxylation is 1. The van der Waals surface area contributed by atoms with Gasteiger partial charge in [0.2, 0.25) is 0 Å². The summed E-state index contributed by atoms with van der Waals surface area (Å²) in [7, 11) is 3.02. The van der Waals surface area contributed by atoms with E-state index in [0.717, 1.165) is 42.8 Å². The second-order valence-corrected chi connectivity index (χ2v) is 8.64. The number of hydrogen-bond acceptors (Lipinski definition) is 8. The Kier molecular flexibility index (Phi) is 5.96. The number of thiazole rings is 1. The van der Waals surface area contributed by atoms with Crippen LogP contribution in [0.5, 0.6) is 5.75 Å². The van der Waals surface area contributed by atoms with Gasteiger partial charge in [-0.2, -0.15) is 0 Å². The molecule has 152 valence electrons. The number of carbonyl (C=O) groups excluding carboxylic acids is 1. The Hall–Kier alpha value is -2.97. The number of esters is 1. The first-order valence-corrected chi connectivity index (χ1v) is 11.0. The zero-order valence-electron chi connectivity index (χ0n) is 16.7. The van der Waals surface area contributed by atoms with E-state index in [9.17, 15) is 4.79 Å². The van der Waals surface area contributed by atoms with E-state index >= 15 is 0 Å². The molecule has 0 aliphatic carbocycles. The Bertz CT molecular complexity index is 1190. The van der Waals surface area contributed by atoms with Gasteiger partial charge in [-0.3, -0.25) is 0 Å². The number of ether oxygens (including phenoxy) is 2. The molecule has 0 spiro atoms. The van der Waals surface area contributed by atoms with Crippen molar-refractivity contribution in [2.75, 3.05) is 14.2 Å². The summed E-state index contributed by atoms with van der Waals surface area (Å²) in [6, 6.07) is 15.2. The third-order valence-corrected chi connectivity index (χ3v) is 6.51. The average molecular weight is 438 g/mol. The predicted octanol–water partition coefficient (Wildman–Crippen LogP) is 5.15. The van der Waals surface area contributed by atoms with Crippen LogP contribution in [0.1, 0.15) is 20.9 Å². The minimum absolute atomic E-state index is 0.339. The fourth-order valence-electron chi connectivity index (χ4n) is 2.96. The second-order valence-electron chi connectivity index (χ2n) is 6.47. The first kappa shape index (κ1) is 20.3. The summed E-state index contributed by atoms with van der Waals surface area (Å²) in [5.41, 5.74) is 4.28. The Morgan fingerprint density at radius 3 is 2.43 bits per heavy atom. The monoisotopic (exact) mass is 437 g/mol. The fourth-order valence-corrected chi connectivity index (χ4v) is 4.83. The van der Waals surface area contributed by atoms with Gasteiger partial charge in [0.25, 0.3) is 0 Å². The molecule has 6 nitrogen and oxygen atoms in total. The summed E-state index contributed by atoms with van der Waals surface area (Å²) < 4.78 is 11.0. The number of fused-ring (bicyclic) bond motifs is 1. The molecule has 0 aliphatic rings. The van der Waals surface area contributed by atoms with Crippen LogP contribution >= 0.6 is 23.1 Å². The average Bonchev–Trinajstić information content (AvgIpc) is 3.19. The van der Waals surface area contributed by atoms with Gasteiger partial charge in [0.05, 0.1) is 29.5 Å². The van der Waals surface area contributed by atoms with Gasteiger partial charge in [-0.1, -0.05) is 23.9 Å². The molecule has 2 aromatic carbocycles. The Balaban J connectivity index is 1.60. The van der Waals surface area contributed by atoms with Crippen LogP contribution in [0.15, 0.2) is 53.6 Å². The predicted molar refractivity (Wildman–Crippen MR) is 119 cm³/mol. The lowest BCUT2D eigenvalue weighted by molar-refractivity contribution is 0.0600. The van der Waals surface area contributed by atoms with Gasteiger partial charge in [-0.05, 0) is 48.9 Å². The van der Waals surface area contributed by atoms with E-state index in [0.29, 0.717) is 11.3 Å². The van der Waals surface area contributed by atoms with Crippen LogP contribution in [0.4, 0.5) is 0 Å². The highest BCUT2D eigenvalue weighted by atomic mass is 32.2. The van der Waals surface area contributed by atoms with Gasteiger partial charge in [-0.15, -0.1) is 21.5 Å². The van der Waals surface area contributed by atoms with Crippen LogP contribution in [-0.4, -0.2) is 35.4 Å². The third-order valence-electron chi connectivity index (χ3n) is 4.51. The zero-order valence-corrected chi connectivity index (χ0v) is 18.3. The van der Waals surface area contributed by atoms with Crippen LogP contribution in [0.2, 0.25) is 0 Å². The maximum absolute atomic E-state index is 11.6. The van der Waals surface area contributed by atoms with Gasteiger partial charge < -0.3 is 9.47 Å². The molecule has 8 heteroatoms. The summed E-state index contributed by atoms with van der Waals surface area (Å²) in [4.78, 5) is 16.3. The topological polar surface area (TPSA) is 74.2 Å². The molecule has 0 radical (unpaired) electrons. The highest BCUT2D eigenvalue weighted by molar-refractivity contribution is 7.98. The van der Waals surface area contributed by atoms with Crippen molar-refractivity contribution in [3.63, 3.8) is 0 Å². The first-order valence-electron chi connectivity index (χ1n) is 9.17. The molecule has 0 unspecified atom stereocenters. The number of aromatic nitrogens is 3. The highest BCUT2D eigenvalue weighted by Gasteiger charge is 2.16. The number of rotatable bonds is 6. The van der Waals surface area contributed by atoms with Gasteiger partial charge in [0.15, 0.2) is 0 Å². The summed E-state index contributed by atoms with van der Waals surface area (Å²) >= 11 is 3.20. The van der Waals surface area contributed by atoms with Crippen molar-refractivity contribution < 1.29 is 14.3 Å². The van der Waals surface area contributed by atoms with Crippen LogP contribution in [0.25, 0.3) is 21.5 Å². The van der Waals surface area contributed by atoms with Crippen molar-refractivity contribution >= 4 is 39.3 Å². The molecule has 0 saturated heterocycles. The van der Waals surface area contributed by atoms with E-state index in [-0.39, 0.29) is 5.97 Å². The molecule has 0 N–H and O–H groups in total. The van der Waals surface area contributed by atoms with Gasteiger partial charge in [0, 0.05) is 11.3 Å². The standard InChI is InChI=1S/C22H19N3O3S2/c1-13-23-19-20(30-13)18(15-8-10-17(27-2)11-9-15)24-25-21(19)29-12-14-4-6-16(7-5-14)22(26)28-3/h4-11H,12H2,1-3H3. The van der Waals surface area contributed by atoms with Crippen molar-refractivity contribution in [3.8, 4) is 17.0 Å². The number of nitrogens with zero attached hydrogens (tertiary/aromatic N) is 3. The van der Waals surface area contributed by atoms with Crippen molar-refractivity contribution in [1.82, 2.24) is 15.2 Å². The highest BCUT2D eigenvalue weighted by Crippen LogP contribution is 2.36. The molecule has 2 heterocycles. The lowest BCUT2D eigenvalue weighted by Gasteiger charge is -2.06. The normalized spacial score (nSPS) is 10.9. The molecule has 0 bridgehead atoms. The number of carbonyl (C=O) groups is 1. The van der Waals surface area contributed by atoms with E-state index in [4.69, 9.17) is 14.5 Å². The van der Waals surface area contributed by atoms with E-state index in [1.54, 1.807) is 42.3 Å².